The van der Waals surface area contributed by atoms with E-state index < -0.39 is 0 Å². The molecule has 1 aromatic rings. The molecule has 0 amide bonds. The van der Waals surface area contributed by atoms with Crippen LogP contribution in [0.25, 0.3) is 5.57 Å². The van der Waals surface area contributed by atoms with Gasteiger partial charge in [0.15, 0.2) is 0 Å². The van der Waals surface area contributed by atoms with Crippen LogP contribution in [0.1, 0.15) is 17.5 Å². The van der Waals surface area contributed by atoms with Crippen molar-refractivity contribution in [3.05, 3.63) is 42.0 Å². The molecule has 2 heteroatoms. The number of carbonyl (C=O) groups excluding carboxylic acids is 1. The van der Waals surface area contributed by atoms with Gasteiger partial charge >= 0.3 is 5.97 Å². The molecule has 0 aliphatic carbocycles. The fourth-order valence-corrected chi connectivity index (χ4v) is 1.14. The summed E-state index contributed by atoms with van der Waals surface area (Å²) < 4.78 is 4.57. The Morgan fingerprint density at radius 1 is 1.36 bits per heavy atom. The predicted molar refractivity (Wildman–Crippen MR) is 56.8 cm³/mol. The van der Waals surface area contributed by atoms with Crippen LogP contribution in [0.5, 0.6) is 0 Å². The van der Waals surface area contributed by atoms with E-state index in [4.69, 9.17) is 0 Å². The van der Waals surface area contributed by atoms with E-state index in [1.807, 2.05) is 31.2 Å². The van der Waals surface area contributed by atoms with Crippen LogP contribution in [0.2, 0.25) is 0 Å². The third-order valence-electron chi connectivity index (χ3n) is 2.05. The highest BCUT2D eigenvalue weighted by Crippen LogP contribution is 2.16. The lowest BCUT2D eigenvalue weighted by atomic mass is 10.0. The van der Waals surface area contributed by atoms with E-state index in [2.05, 4.69) is 11.3 Å². The molecule has 0 saturated heterocycles. The summed E-state index contributed by atoms with van der Waals surface area (Å²) in [5, 5.41) is 0. The van der Waals surface area contributed by atoms with Gasteiger partial charge in [0.05, 0.1) is 13.5 Å². The smallest absolute Gasteiger partial charge is 0.309 e. The van der Waals surface area contributed by atoms with Gasteiger partial charge in [-0.3, -0.25) is 4.79 Å². The third kappa shape index (κ3) is 2.73. The summed E-state index contributed by atoms with van der Waals surface area (Å²) in [5.74, 6) is -0.254. The van der Waals surface area contributed by atoms with E-state index in [0.717, 1.165) is 11.1 Å². The Balaban J connectivity index is 2.70. The molecule has 14 heavy (non-hydrogen) atoms. The molecule has 0 fully saturated rings. The average molecular weight is 190 g/mol. The quantitative estimate of drug-likeness (QED) is 0.685. The minimum absolute atomic E-state index is 0.250. The van der Waals surface area contributed by atoms with Crippen LogP contribution in [0.15, 0.2) is 30.8 Å². The molecule has 0 heterocycles. The van der Waals surface area contributed by atoms with Gasteiger partial charge in [0.25, 0.3) is 0 Å². The highest BCUT2D eigenvalue weighted by Gasteiger charge is 2.05. The number of rotatable bonds is 3. The summed E-state index contributed by atoms with van der Waals surface area (Å²) in [5.41, 5.74) is 2.97. The van der Waals surface area contributed by atoms with Crippen molar-refractivity contribution >= 4 is 11.5 Å². The molecular formula is C12H14O2. The summed E-state index contributed by atoms with van der Waals surface area (Å²) in [4.78, 5) is 11.0. The molecule has 0 aromatic heterocycles. The molecule has 0 unspecified atom stereocenters. The maximum Gasteiger partial charge on any atom is 0.309 e. The minimum Gasteiger partial charge on any atom is -0.469 e. The third-order valence-corrected chi connectivity index (χ3v) is 2.05. The first-order valence-electron chi connectivity index (χ1n) is 4.45. The van der Waals surface area contributed by atoms with Crippen molar-refractivity contribution in [1.29, 1.82) is 0 Å². The molecule has 1 aromatic carbocycles. The van der Waals surface area contributed by atoms with Crippen LogP contribution in [-0.2, 0) is 9.53 Å². The number of hydrogen-bond donors (Lipinski definition) is 0. The number of carbonyl (C=O) groups is 1. The summed E-state index contributed by atoms with van der Waals surface area (Å²) in [6, 6.07) is 7.91. The van der Waals surface area contributed by atoms with Crippen LogP contribution < -0.4 is 0 Å². The SMILES string of the molecule is C=C(CC(=O)OC)c1ccc(C)cc1. The summed E-state index contributed by atoms with van der Waals surface area (Å²) in [7, 11) is 1.38. The molecule has 0 saturated carbocycles. The molecule has 0 spiro atoms. The van der Waals surface area contributed by atoms with Crippen LogP contribution in [-0.4, -0.2) is 13.1 Å². The summed E-state index contributed by atoms with van der Waals surface area (Å²) >= 11 is 0. The molecular weight excluding hydrogens is 176 g/mol. The number of esters is 1. The van der Waals surface area contributed by atoms with Gasteiger partial charge in [0.2, 0.25) is 0 Å². The average Bonchev–Trinajstić information content (AvgIpc) is 2.18. The first kappa shape index (κ1) is 10.5. The molecule has 0 aliphatic heterocycles. The van der Waals surface area contributed by atoms with Crippen molar-refractivity contribution in [1.82, 2.24) is 0 Å². The molecule has 0 bridgehead atoms. The molecule has 0 N–H and O–H groups in total. The second kappa shape index (κ2) is 4.61. The van der Waals surface area contributed by atoms with Gasteiger partial charge < -0.3 is 4.74 Å². The lowest BCUT2D eigenvalue weighted by Crippen LogP contribution is -2.00. The fourth-order valence-electron chi connectivity index (χ4n) is 1.14. The van der Waals surface area contributed by atoms with Crippen molar-refractivity contribution < 1.29 is 9.53 Å². The van der Waals surface area contributed by atoms with Gasteiger partial charge in [-0.2, -0.15) is 0 Å². The highest BCUT2D eigenvalue weighted by molar-refractivity contribution is 5.84. The zero-order valence-corrected chi connectivity index (χ0v) is 8.54. The van der Waals surface area contributed by atoms with E-state index in [-0.39, 0.29) is 12.4 Å². The Labute approximate surface area is 84.2 Å². The standard InChI is InChI=1S/C12H14O2/c1-9-4-6-11(7-5-9)10(2)8-12(13)14-3/h4-7H,2,8H2,1,3H3. The number of ether oxygens (including phenoxy) is 1. The number of methoxy groups -OCH3 is 1. The highest BCUT2D eigenvalue weighted by atomic mass is 16.5. The van der Waals surface area contributed by atoms with Crippen LogP contribution in [0.3, 0.4) is 0 Å². The first-order valence-corrected chi connectivity index (χ1v) is 4.45. The van der Waals surface area contributed by atoms with Crippen LogP contribution >= 0.6 is 0 Å². The Kier molecular flexibility index (Phi) is 3.46. The predicted octanol–water partition coefficient (Wildman–Crippen LogP) is 2.57. The van der Waals surface area contributed by atoms with Gasteiger partial charge in [-0.25, -0.2) is 0 Å². The van der Waals surface area contributed by atoms with Crippen LogP contribution in [0.4, 0.5) is 0 Å². The van der Waals surface area contributed by atoms with Gasteiger partial charge in [-0.1, -0.05) is 36.4 Å². The Morgan fingerprint density at radius 2 is 1.93 bits per heavy atom. The van der Waals surface area contributed by atoms with Crippen molar-refractivity contribution in [3.63, 3.8) is 0 Å². The minimum atomic E-state index is -0.254. The maximum atomic E-state index is 11.0. The lowest BCUT2D eigenvalue weighted by molar-refractivity contribution is -0.139. The van der Waals surface area contributed by atoms with Crippen molar-refractivity contribution in [2.24, 2.45) is 0 Å². The van der Waals surface area contributed by atoms with Crippen molar-refractivity contribution in [2.75, 3.05) is 7.11 Å². The zero-order chi connectivity index (χ0) is 10.6. The van der Waals surface area contributed by atoms with E-state index >= 15 is 0 Å². The van der Waals surface area contributed by atoms with Gasteiger partial charge in [-0.05, 0) is 18.1 Å². The Morgan fingerprint density at radius 3 is 2.43 bits per heavy atom. The van der Waals surface area contributed by atoms with Crippen molar-refractivity contribution in [2.45, 2.75) is 13.3 Å². The van der Waals surface area contributed by atoms with Crippen LogP contribution in [0, 0.1) is 6.92 Å². The Bertz CT molecular complexity index is 336. The maximum absolute atomic E-state index is 11.0. The number of benzene rings is 1. The number of aryl methyl sites for hydroxylation is 1. The summed E-state index contributed by atoms with van der Waals surface area (Å²) in [6.07, 6.45) is 0.250. The molecule has 0 aliphatic rings. The van der Waals surface area contributed by atoms with E-state index in [0.29, 0.717) is 0 Å². The monoisotopic (exact) mass is 190 g/mol. The first-order chi connectivity index (χ1) is 6.63. The zero-order valence-electron chi connectivity index (χ0n) is 8.54. The topological polar surface area (TPSA) is 26.3 Å². The fraction of sp³-hybridized carbons (Fsp3) is 0.250. The molecule has 1 rings (SSSR count). The van der Waals surface area contributed by atoms with E-state index in [1.165, 1.54) is 12.7 Å². The van der Waals surface area contributed by atoms with Gasteiger partial charge in [-0.15, -0.1) is 0 Å². The van der Waals surface area contributed by atoms with Crippen molar-refractivity contribution in [3.8, 4) is 0 Å². The molecule has 0 radical (unpaired) electrons. The van der Waals surface area contributed by atoms with Gasteiger partial charge in [0.1, 0.15) is 0 Å². The Hall–Kier alpha value is -1.57. The largest absolute Gasteiger partial charge is 0.469 e. The normalized spacial score (nSPS) is 9.57. The lowest BCUT2D eigenvalue weighted by Gasteiger charge is -2.04. The summed E-state index contributed by atoms with van der Waals surface area (Å²) in [6.45, 7) is 5.86. The second-order valence-corrected chi connectivity index (χ2v) is 3.22. The van der Waals surface area contributed by atoms with E-state index in [9.17, 15) is 4.79 Å². The van der Waals surface area contributed by atoms with Gasteiger partial charge in [0, 0.05) is 0 Å². The molecule has 74 valence electrons. The second-order valence-electron chi connectivity index (χ2n) is 3.22. The molecule has 0 atom stereocenters. The van der Waals surface area contributed by atoms with E-state index in [1.54, 1.807) is 0 Å². The molecule has 2 nitrogen and oxygen atoms in total. The number of hydrogen-bond acceptors (Lipinski definition) is 2.